The van der Waals surface area contributed by atoms with Gasteiger partial charge in [0.25, 0.3) is 0 Å². The van der Waals surface area contributed by atoms with Crippen LogP contribution in [0.4, 0.5) is 4.79 Å². The van der Waals surface area contributed by atoms with Gasteiger partial charge in [-0.2, -0.15) is 4.98 Å². The van der Waals surface area contributed by atoms with Crippen molar-refractivity contribution in [3.63, 3.8) is 0 Å². The van der Waals surface area contributed by atoms with E-state index in [9.17, 15) is 4.79 Å². The van der Waals surface area contributed by atoms with Gasteiger partial charge in [-0.1, -0.05) is 24.4 Å². The van der Waals surface area contributed by atoms with Crippen molar-refractivity contribution >= 4 is 6.03 Å². The number of carbonyl (C=O) groups is 1. The highest BCUT2D eigenvalue weighted by atomic mass is 16.5. The normalized spacial score (nSPS) is 19.0. The first-order chi connectivity index (χ1) is 10.1. The molecule has 0 saturated heterocycles. The van der Waals surface area contributed by atoms with Crippen molar-refractivity contribution in [2.45, 2.75) is 64.0 Å². The van der Waals surface area contributed by atoms with Crippen LogP contribution in [0.25, 0.3) is 0 Å². The van der Waals surface area contributed by atoms with Crippen LogP contribution in [0.5, 0.6) is 0 Å². The molecule has 0 radical (unpaired) electrons. The monoisotopic (exact) mass is 296 g/mol. The van der Waals surface area contributed by atoms with Crippen LogP contribution in [0.2, 0.25) is 0 Å². The molecule has 0 bridgehead atoms. The summed E-state index contributed by atoms with van der Waals surface area (Å²) in [6.07, 6.45) is 5.92. The second kappa shape index (κ2) is 7.40. The first-order valence-electron chi connectivity index (χ1n) is 7.61. The molecule has 2 amide bonds. The Morgan fingerprint density at radius 1 is 1.33 bits per heavy atom. The third-order valence-corrected chi connectivity index (χ3v) is 3.80. The highest BCUT2D eigenvalue weighted by Crippen LogP contribution is 2.31. The van der Waals surface area contributed by atoms with Crippen LogP contribution in [-0.2, 0) is 0 Å². The van der Waals surface area contributed by atoms with Crippen molar-refractivity contribution in [3.05, 3.63) is 11.7 Å². The highest BCUT2D eigenvalue weighted by Gasteiger charge is 2.23. The molecule has 0 aliphatic heterocycles. The van der Waals surface area contributed by atoms with Gasteiger partial charge in [-0.3, -0.25) is 0 Å². The van der Waals surface area contributed by atoms with Crippen LogP contribution in [-0.4, -0.2) is 33.9 Å². The third kappa shape index (κ3) is 4.42. The molecular weight excluding hydrogens is 272 g/mol. The fourth-order valence-electron chi connectivity index (χ4n) is 2.52. The Balaban J connectivity index is 1.89. The molecule has 1 aromatic heterocycles. The van der Waals surface area contributed by atoms with Crippen molar-refractivity contribution in [3.8, 4) is 0 Å². The Kier molecular flexibility index (Phi) is 5.55. The van der Waals surface area contributed by atoms with E-state index in [4.69, 9.17) is 9.63 Å². The molecule has 2 rings (SSSR count). The summed E-state index contributed by atoms with van der Waals surface area (Å²) < 4.78 is 5.26. The summed E-state index contributed by atoms with van der Waals surface area (Å²) in [6, 6.07) is -1.01. The summed E-state index contributed by atoms with van der Waals surface area (Å²) in [5.41, 5.74) is 0. The second-order valence-corrected chi connectivity index (χ2v) is 5.75. The fourth-order valence-corrected chi connectivity index (χ4v) is 2.52. The van der Waals surface area contributed by atoms with Crippen LogP contribution >= 0.6 is 0 Å². The average molecular weight is 296 g/mol. The van der Waals surface area contributed by atoms with E-state index in [0.29, 0.717) is 11.8 Å². The van der Waals surface area contributed by atoms with Crippen molar-refractivity contribution in [2.24, 2.45) is 0 Å². The van der Waals surface area contributed by atoms with E-state index >= 15 is 0 Å². The molecule has 0 aromatic carbocycles. The highest BCUT2D eigenvalue weighted by molar-refractivity contribution is 5.74. The Morgan fingerprint density at radius 2 is 2.05 bits per heavy atom. The largest absolute Gasteiger partial charge is 0.394 e. The van der Waals surface area contributed by atoms with E-state index < -0.39 is 0 Å². The van der Waals surface area contributed by atoms with Crippen molar-refractivity contribution in [1.82, 2.24) is 20.8 Å². The Hall–Kier alpha value is -1.63. The zero-order valence-electron chi connectivity index (χ0n) is 12.6. The molecule has 7 heteroatoms. The molecule has 21 heavy (non-hydrogen) atoms. The zero-order chi connectivity index (χ0) is 15.2. The number of carbonyl (C=O) groups excluding carboxylic acids is 1. The third-order valence-electron chi connectivity index (χ3n) is 3.80. The molecule has 1 aromatic rings. The van der Waals surface area contributed by atoms with Gasteiger partial charge >= 0.3 is 6.03 Å². The maximum absolute atomic E-state index is 11.7. The van der Waals surface area contributed by atoms with Crippen LogP contribution in [0.15, 0.2) is 4.52 Å². The van der Waals surface area contributed by atoms with Gasteiger partial charge in [-0.05, 0) is 26.7 Å². The molecule has 7 nitrogen and oxygen atoms in total. The maximum atomic E-state index is 11.7. The van der Waals surface area contributed by atoms with Crippen molar-refractivity contribution in [1.29, 1.82) is 0 Å². The predicted octanol–water partition coefficient (Wildman–Crippen LogP) is 1.86. The smallest absolute Gasteiger partial charge is 0.315 e. The van der Waals surface area contributed by atoms with E-state index in [1.165, 1.54) is 19.3 Å². The van der Waals surface area contributed by atoms with Gasteiger partial charge in [-0.25, -0.2) is 4.79 Å². The molecule has 1 heterocycles. The maximum Gasteiger partial charge on any atom is 0.315 e. The Labute approximate surface area is 124 Å². The topological polar surface area (TPSA) is 100 Å². The lowest BCUT2D eigenvalue weighted by molar-refractivity contribution is 0.215. The minimum absolute atomic E-state index is 0.103. The van der Waals surface area contributed by atoms with Crippen LogP contribution < -0.4 is 10.6 Å². The summed E-state index contributed by atoms with van der Waals surface area (Å²) in [5.74, 6) is 1.55. The van der Waals surface area contributed by atoms with Gasteiger partial charge in [0.05, 0.1) is 12.6 Å². The van der Waals surface area contributed by atoms with Crippen LogP contribution in [0.1, 0.15) is 69.6 Å². The lowest BCUT2D eigenvalue weighted by Gasteiger charge is -2.17. The quantitative estimate of drug-likeness (QED) is 0.770. The van der Waals surface area contributed by atoms with Gasteiger partial charge in [-0.15, -0.1) is 0 Å². The molecule has 0 spiro atoms. The lowest BCUT2D eigenvalue weighted by Crippen LogP contribution is -2.43. The molecule has 2 atom stereocenters. The van der Waals surface area contributed by atoms with E-state index in [2.05, 4.69) is 20.8 Å². The molecule has 1 aliphatic rings. The van der Waals surface area contributed by atoms with Gasteiger partial charge in [0.15, 0.2) is 5.82 Å². The number of urea groups is 1. The number of hydrogen-bond acceptors (Lipinski definition) is 5. The van der Waals surface area contributed by atoms with Gasteiger partial charge < -0.3 is 20.3 Å². The van der Waals surface area contributed by atoms with E-state index in [1.807, 2.05) is 0 Å². The van der Waals surface area contributed by atoms with Crippen molar-refractivity contribution < 1.29 is 14.4 Å². The van der Waals surface area contributed by atoms with Gasteiger partial charge in [0, 0.05) is 5.92 Å². The second-order valence-electron chi connectivity index (χ2n) is 5.75. The van der Waals surface area contributed by atoms with Crippen molar-refractivity contribution in [2.75, 3.05) is 6.61 Å². The summed E-state index contributed by atoms with van der Waals surface area (Å²) in [5, 5.41) is 18.3. The Bertz CT molecular complexity index is 457. The van der Waals surface area contributed by atoms with E-state index in [-0.39, 0.29) is 24.7 Å². The van der Waals surface area contributed by atoms with Crippen LogP contribution in [0.3, 0.4) is 0 Å². The number of aromatic nitrogens is 2. The number of rotatable bonds is 5. The first-order valence-corrected chi connectivity index (χ1v) is 7.61. The first kappa shape index (κ1) is 15.8. The molecular formula is C14H24N4O3. The Morgan fingerprint density at radius 3 is 2.71 bits per heavy atom. The number of hydrogen-bond donors (Lipinski definition) is 3. The molecule has 118 valence electrons. The van der Waals surface area contributed by atoms with Crippen LogP contribution in [0, 0.1) is 0 Å². The standard InChI is InChI=1S/C14H24N4O3/c1-9(8-19)15-14(20)16-10(2)13-17-12(18-21-13)11-6-4-3-5-7-11/h9-11,19H,3-8H2,1-2H3,(H2,15,16,20). The van der Waals surface area contributed by atoms with Gasteiger partial charge in [0.2, 0.25) is 5.89 Å². The minimum Gasteiger partial charge on any atom is -0.394 e. The van der Waals surface area contributed by atoms with E-state index in [1.54, 1.807) is 13.8 Å². The van der Waals surface area contributed by atoms with Gasteiger partial charge in [0.1, 0.15) is 6.04 Å². The summed E-state index contributed by atoms with van der Waals surface area (Å²) in [6.45, 7) is 3.41. The number of nitrogens with zero attached hydrogens (tertiary/aromatic N) is 2. The molecule has 2 unspecified atom stereocenters. The molecule has 1 fully saturated rings. The molecule has 1 saturated carbocycles. The summed E-state index contributed by atoms with van der Waals surface area (Å²) in [7, 11) is 0. The summed E-state index contributed by atoms with van der Waals surface area (Å²) in [4.78, 5) is 16.1. The number of aliphatic hydroxyl groups is 1. The summed E-state index contributed by atoms with van der Waals surface area (Å²) >= 11 is 0. The molecule has 1 aliphatic carbocycles. The van der Waals surface area contributed by atoms with E-state index in [0.717, 1.165) is 18.7 Å². The predicted molar refractivity (Wildman–Crippen MR) is 76.8 cm³/mol. The SMILES string of the molecule is CC(CO)NC(=O)NC(C)c1nc(C2CCCCC2)no1. The average Bonchev–Trinajstić information content (AvgIpc) is 2.97. The minimum atomic E-state index is -0.360. The zero-order valence-corrected chi connectivity index (χ0v) is 12.6. The fraction of sp³-hybridized carbons (Fsp3) is 0.786. The molecule has 3 N–H and O–H groups in total. The number of aliphatic hydroxyl groups excluding tert-OH is 1. The number of nitrogens with one attached hydrogen (secondary N) is 2. The lowest BCUT2D eigenvalue weighted by atomic mass is 9.89. The number of amides is 2.